The van der Waals surface area contributed by atoms with Crippen LogP contribution in [0.1, 0.15) is 5.69 Å². The summed E-state index contributed by atoms with van der Waals surface area (Å²) in [7, 11) is 0. The molecule has 2 rings (SSSR count). The third-order valence-corrected chi connectivity index (χ3v) is 2.64. The lowest BCUT2D eigenvalue weighted by atomic mass is 10.4. The Labute approximate surface area is 80.3 Å². The van der Waals surface area contributed by atoms with Gasteiger partial charge in [0.25, 0.3) is 0 Å². The van der Waals surface area contributed by atoms with Gasteiger partial charge in [-0.25, -0.2) is 4.98 Å². The molecule has 0 aromatic carbocycles. The summed E-state index contributed by atoms with van der Waals surface area (Å²) >= 11 is 1.59. The third kappa shape index (κ3) is 1.79. The average Bonchev–Trinajstić information content (AvgIpc) is 2.70. The minimum Gasteiger partial charge on any atom is -0.396 e. The largest absolute Gasteiger partial charge is 0.396 e. The molecule has 0 saturated heterocycles. The third-order valence-electron chi connectivity index (χ3n) is 1.73. The number of thiazole rings is 1. The smallest absolute Gasteiger partial charge is 0.193 e. The van der Waals surface area contributed by atoms with E-state index in [1.54, 1.807) is 11.3 Å². The van der Waals surface area contributed by atoms with Crippen molar-refractivity contribution in [2.24, 2.45) is 0 Å². The van der Waals surface area contributed by atoms with E-state index < -0.39 is 0 Å². The summed E-state index contributed by atoms with van der Waals surface area (Å²) in [6.07, 6.45) is 4.56. The van der Waals surface area contributed by atoms with Gasteiger partial charge in [0.05, 0.1) is 5.69 Å². The van der Waals surface area contributed by atoms with Crippen LogP contribution >= 0.6 is 11.3 Å². The van der Waals surface area contributed by atoms with Crippen LogP contribution in [0.2, 0.25) is 0 Å². The van der Waals surface area contributed by atoms with Crippen molar-refractivity contribution in [1.82, 2.24) is 9.55 Å². The summed E-state index contributed by atoms with van der Waals surface area (Å²) in [6, 6.07) is 3.93. The van der Waals surface area contributed by atoms with Crippen LogP contribution in [-0.4, -0.2) is 21.3 Å². The molecule has 2 aromatic rings. The van der Waals surface area contributed by atoms with Gasteiger partial charge in [-0.15, -0.1) is 11.3 Å². The standard InChI is InChI=1S/C9H10N2OS/c12-6-3-8-7-13-9(10-8)11-4-1-2-5-11/h1-2,4-5,7,12H,3,6H2. The van der Waals surface area contributed by atoms with Crippen LogP contribution in [-0.2, 0) is 6.42 Å². The van der Waals surface area contributed by atoms with Gasteiger partial charge in [-0.3, -0.25) is 0 Å². The van der Waals surface area contributed by atoms with Crippen LogP contribution in [0.4, 0.5) is 0 Å². The first-order chi connectivity index (χ1) is 6.40. The van der Waals surface area contributed by atoms with Crippen molar-refractivity contribution in [3.63, 3.8) is 0 Å². The highest BCUT2D eigenvalue weighted by molar-refractivity contribution is 7.12. The first-order valence-electron chi connectivity index (χ1n) is 4.09. The van der Waals surface area contributed by atoms with Gasteiger partial charge in [0, 0.05) is 30.8 Å². The van der Waals surface area contributed by atoms with Gasteiger partial charge in [-0.05, 0) is 12.1 Å². The normalized spacial score (nSPS) is 10.5. The number of hydrogen-bond acceptors (Lipinski definition) is 3. The average molecular weight is 194 g/mol. The van der Waals surface area contributed by atoms with Gasteiger partial charge in [0.2, 0.25) is 0 Å². The molecule has 0 saturated carbocycles. The van der Waals surface area contributed by atoms with Gasteiger partial charge in [-0.1, -0.05) is 0 Å². The Morgan fingerprint density at radius 2 is 2.15 bits per heavy atom. The van der Waals surface area contributed by atoms with E-state index in [9.17, 15) is 0 Å². The van der Waals surface area contributed by atoms with Gasteiger partial charge in [0.1, 0.15) is 0 Å². The van der Waals surface area contributed by atoms with Gasteiger partial charge in [-0.2, -0.15) is 0 Å². The second kappa shape index (κ2) is 3.72. The molecule has 0 aliphatic carbocycles. The van der Waals surface area contributed by atoms with E-state index in [0.29, 0.717) is 6.42 Å². The Kier molecular flexibility index (Phi) is 2.42. The molecular formula is C9H10N2OS. The van der Waals surface area contributed by atoms with Crippen LogP contribution in [0.3, 0.4) is 0 Å². The van der Waals surface area contributed by atoms with E-state index in [2.05, 4.69) is 4.98 Å². The van der Waals surface area contributed by atoms with Crippen molar-refractivity contribution in [1.29, 1.82) is 0 Å². The monoisotopic (exact) mass is 194 g/mol. The molecular weight excluding hydrogens is 184 g/mol. The zero-order valence-corrected chi connectivity index (χ0v) is 7.87. The highest BCUT2D eigenvalue weighted by Crippen LogP contribution is 2.14. The Balaban J connectivity index is 2.23. The number of aliphatic hydroxyl groups excluding tert-OH is 1. The molecule has 2 heterocycles. The number of aliphatic hydroxyl groups is 1. The van der Waals surface area contributed by atoms with E-state index in [4.69, 9.17) is 5.11 Å². The fourth-order valence-corrected chi connectivity index (χ4v) is 1.93. The molecule has 0 amide bonds. The summed E-state index contributed by atoms with van der Waals surface area (Å²) in [4.78, 5) is 4.36. The van der Waals surface area contributed by atoms with Crippen molar-refractivity contribution in [3.05, 3.63) is 35.6 Å². The number of nitrogens with zero attached hydrogens (tertiary/aromatic N) is 2. The van der Waals surface area contributed by atoms with E-state index in [1.165, 1.54) is 0 Å². The second-order valence-corrected chi connectivity index (χ2v) is 3.52. The SMILES string of the molecule is OCCc1csc(-n2cccc2)n1. The fourth-order valence-electron chi connectivity index (χ4n) is 1.11. The van der Waals surface area contributed by atoms with Crippen LogP contribution in [0.15, 0.2) is 29.9 Å². The summed E-state index contributed by atoms with van der Waals surface area (Å²) in [5.74, 6) is 0. The molecule has 0 spiro atoms. The van der Waals surface area contributed by atoms with E-state index in [0.717, 1.165) is 10.8 Å². The minimum atomic E-state index is 0.162. The lowest BCUT2D eigenvalue weighted by Gasteiger charge is -1.93. The van der Waals surface area contributed by atoms with Crippen LogP contribution in [0.5, 0.6) is 0 Å². The quantitative estimate of drug-likeness (QED) is 0.803. The van der Waals surface area contributed by atoms with Crippen LogP contribution in [0, 0.1) is 0 Å². The van der Waals surface area contributed by atoms with Crippen molar-refractivity contribution < 1.29 is 5.11 Å². The molecule has 4 heteroatoms. The zero-order valence-electron chi connectivity index (χ0n) is 7.05. The summed E-state index contributed by atoms with van der Waals surface area (Å²) < 4.78 is 1.96. The molecule has 68 valence electrons. The number of aromatic nitrogens is 2. The summed E-state index contributed by atoms with van der Waals surface area (Å²) in [5, 5.41) is 11.6. The maximum absolute atomic E-state index is 8.72. The molecule has 0 atom stereocenters. The second-order valence-electron chi connectivity index (χ2n) is 2.69. The predicted molar refractivity (Wildman–Crippen MR) is 52.2 cm³/mol. The Bertz CT molecular complexity index is 367. The number of hydrogen-bond donors (Lipinski definition) is 1. The predicted octanol–water partition coefficient (Wildman–Crippen LogP) is 1.47. The molecule has 0 unspecified atom stereocenters. The van der Waals surface area contributed by atoms with Crippen LogP contribution in [0.25, 0.3) is 5.13 Å². The lowest BCUT2D eigenvalue weighted by Crippen LogP contribution is -1.93. The van der Waals surface area contributed by atoms with Gasteiger partial charge < -0.3 is 9.67 Å². The molecule has 2 aromatic heterocycles. The first kappa shape index (κ1) is 8.47. The van der Waals surface area contributed by atoms with Crippen molar-refractivity contribution in [3.8, 4) is 5.13 Å². The highest BCUT2D eigenvalue weighted by atomic mass is 32.1. The summed E-state index contributed by atoms with van der Waals surface area (Å²) in [6.45, 7) is 0.162. The van der Waals surface area contributed by atoms with E-state index in [-0.39, 0.29) is 6.61 Å². The van der Waals surface area contributed by atoms with Crippen molar-refractivity contribution in [2.45, 2.75) is 6.42 Å². The van der Waals surface area contributed by atoms with Gasteiger partial charge >= 0.3 is 0 Å². The molecule has 0 aliphatic rings. The first-order valence-corrected chi connectivity index (χ1v) is 4.97. The Morgan fingerprint density at radius 3 is 2.85 bits per heavy atom. The fraction of sp³-hybridized carbons (Fsp3) is 0.222. The van der Waals surface area contributed by atoms with Crippen molar-refractivity contribution in [2.75, 3.05) is 6.61 Å². The van der Waals surface area contributed by atoms with Gasteiger partial charge in [0.15, 0.2) is 5.13 Å². The topological polar surface area (TPSA) is 38.0 Å². The Hall–Kier alpha value is -1.13. The highest BCUT2D eigenvalue weighted by Gasteiger charge is 2.01. The van der Waals surface area contributed by atoms with E-state index >= 15 is 0 Å². The van der Waals surface area contributed by atoms with Crippen LogP contribution < -0.4 is 0 Å². The molecule has 3 nitrogen and oxygen atoms in total. The van der Waals surface area contributed by atoms with Crippen molar-refractivity contribution >= 4 is 11.3 Å². The number of rotatable bonds is 3. The summed E-state index contributed by atoms with van der Waals surface area (Å²) in [5.41, 5.74) is 0.955. The molecule has 1 N–H and O–H groups in total. The molecule has 13 heavy (non-hydrogen) atoms. The Morgan fingerprint density at radius 1 is 1.38 bits per heavy atom. The molecule has 0 bridgehead atoms. The van der Waals surface area contributed by atoms with E-state index in [1.807, 2.05) is 34.5 Å². The maximum atomic E-state index is 8.72. The maximum Gasteiger partial charge on any atom is 0.193 e. The molecule has 0 radical (unpaired) electrons. The molecule has 0 fully saturated rings. The zero-order chi connectivity index (χ0) is 9.10. The lowest BCUT2D eigenvalue weighted by molar-refractivity contribution is 0.298. The molecule has 0 aliphatic heterocycles. The minimum absolute atomic E-state index is 0.162.